The second-order valence-electron chi connectivity index (χ2n) is 5.78. The molecule has 0 bridgehead atoms. The van der Waals surface area contributed by atoms with Gasteiger partial charge in [0.25, 0.3) is 5.91 Å². The Kier molecular flexibility index (Phi) is 5.87. The number of nitrogens with zero attached hydrogens (tertiary/aromatic N) is 3. The highest BCUT2D eigenvalue weighted by Gasteiger charge is 2.36. The number of carbonyl (C=O) groups is 2. The van der Waals surface area contributed by atoms with E-state index in [1.807, 2.05) is 13.8 Å². The molecule has 2 heterocycles. The molecule has 8 nitrogen and oxygen atoms in total. The van der Waals surface area contributed by atoms with Gasteiger partial charge in [0.2, 0.25) is 0 Å². The molecule has 1 aromatic heterocycles. The maximum atomic E-state index is 12.5. The lowest BCUT2D eigenvalue weighted by molar-refractivity contribution is -0.138. The quantitative estimate of drug-likeness (QED) is 0.682. The monoisotopic (exact) mass is 355 g/mol. The van der Waals surface area contributed by atoms with Crippen LogP contribution in [0.1, 0.15) is 37.2 Å². The summed E-state index contributed by atoms with van der Waals surface area (Å²) in [6.45, 7) is 3.32. The molecule has 2 atom stereocenters. The first-order valence-electron chi connectivity index (χ1n) is 7.78. The van der Waals surface area contributed by atoms with Gasteiger partial charge in [0.1, 0.15) is 0 Å². The Morgan fingerprint density at radius 3 is 2.71 bits per heavy atom. The van der Waals surface area contributed by atoms with E-state index < -0.39 is 28.3 Å². The molecule has 0 N–H and O–H groups in total. The summed E-state index contributed by atoms with van der Waals surface area (Å²) >= 11 is 0. The number of esters is 1. The van der Waals surface area contributed by atoms with Crippen molar-refractivity contribution < 1.29 is 22.7 Å². The molecule has 1 aliphatic heterocycles. The minimum Gasteiger partial charge on any atom is -0.451 e. The fraction of sp³-hybridized carbons (Fsp3) is 0.600. The fourth-order valence-electron chi connectivity index (χ4n) is 2.68. The fourth-order valence-corrected chi connectivity index (χ4v) is 4.39. The van der Waals surface area contributed by atoms with Crippen LogP contribution in [0.15, 0.2) is 18.6 Å². The number of hydrogen-bond donors (Lipinski definition) is 0. The third-order valence-electron chi connectivity index (χ3n) is 4.05. The van der Waals surface area contributed by atoms with E-state index in [9.17, 15) is 18.0 Å². The van der Waals surface area contributed by atoms with Crippen molar-refractivity contribution in [3.63, 3.8) is 0 Å². The number of amides is 1. The predicted molar refractivity (Wildman–Crippen MR) is 86.0 cm³/mol. The molecule has 1 aromatic rings. The summed E-state index contributed by atoms with van der Waals surface area (Å²) in [6, 6.07) is -0.501. The Balaban J connectivity index is 2.02. The highest BCUT2D eigenvalue weighted by atomic mass is 32.2. The summed E-state index contributed by atoms with van der Waals surface area (Å²) in [4.78, 5) is 33.4. The highest BCUT2D eigenvalue weighted by molar-refractivity contribution is 7.91. The van der Waals surface area contributed by atoms with E-state index in [1.165, 1.54) is 23.5 Å². The molecule has 1 amide bonds. The zero-order valence-corrected chi connectivity index (χ0v) is 14.5. The van der Waals surface area contributed by atoms with Crippen molar-refractivity contribution in [1.29, 1.82) is 0 Å². The Labute approximate surface area is 141 Å². The lowest BCUT2D eigenvalue weighted by atomic mass is 10.1. The van der Waals surface area contributed by atoms with Gasteiger partial charge in [-0.15, -0.1) is 0 Å². The summed E-state index contributed by atoms with van der Waals surface area (Å²) in [5, 5.41) is 0. The third kappa shape index (κ3) is 4.50. The maximum absolute atomic E-state index is 12.5. The van der Waals surface area contributed by atoms with Gasteiger partial charge in [-0.25, -0.2) is 18.2 Å². The SMILES string of the molecule is CC[C@@H](C)N(C(=O)COC(=O)c1cnccn1)[C@@H]1CCS(=O)(=O)C1. The molecule has 0 aliphatic carbocycles. The van der Waals surface area contributed by atoms with E-state index >= 15 is 0 Å². The number of ether oxygens (including phenoxy) is 1. The molecule has 1 saturated heterocycles. The van der Waals surface area contributed by atoms with Gasteiger partial charge in [0, 0.05) is 24.5 Å². The molecule has 0 unspecified atom stereocenters. The molecule has 1 fully saturated rings. The zero-order chi connectivity index (χ0) is 17.7. The van der Waals surface area contributed by atoms with Crippen LogP contribution in [-0.4, -0.2) is 65.4 Å². The lowest BCUT2D eigenvalue weighted by Gasteiger charge is -2.33. The Morgan fingerprint density at radius 2 is 2.17 bits per heavy atom. The van der Waals surface area contributed by atoms with Crippen molar-refractivity contribution in [2.45, 2.75) is 38.8 Å². The number of carbonyl (C=O) groups excluding carboxylic acids is 2. The van der Waals surface area contributed by atoms with Crippen molar-refractivity contribution in [2.75, 3.05) is 18.1 Å². The van der Waals surface area contributed by atoms with Crippen LogP contribution in [0.3, 0.4) is 0 Å². The minimum atomic E-state index is -3.11. The van der Waals surface area contributed by atoms with Gasteiger partial charge in [-0.2, -0.15) is 0 Å². The van der Waals surface area contributed by atoms with Crippen molar-refractivity contribution in [2.24, 2.45) is 0 Å². The molecular weight excluding hydrogens is 334 g/mol. The summed E-state index contributed by atoms with van der Waals surface area (Å²) in [5.74, 6) is -1.10. The Bertz CT molecular complexity index is 692. The Morgan fingerprint density at radius 1 is 1.42 bits per heavy atom. The summed E-state index contributed by atoms with van der Waals surface area (Å²) < 4.78 is 28.4. The van der Waals surface area contributed by atoms with Crippen LogP contribution in [0, 0.1) is 0 Å². The van der Waals surface area contributed by atoms with Crippen LogP contribution >= 0.6 is 0 Å². The largest absolute Gasteiger partial charge is 0.451 e. The summed E-state index contributed by atoms with van der Waals surface area (Å²) in [5.41, 5.74) is 0.0174. The third-order valence-corrected chi connectivity index (χ3v) is 5.80. The second-order valence-corrected chi connectivity index (χ2v) is 8.01. The molecule has 0 spiro atoms. The Hall–Kier alpha value is -2.03. The first kappa shape index (κ1) is 18.3. The number of aromatic nitrogens is 2. The topological polar surface area (TPSA) is 107 Å². The molecule has 9 heteroatoms. The van der Waals surface area contributed by atoms with Gasteiger partial charge >= 0.3 is 5.97 Å². The summed E-state index contributed by atoms with van der Waals surface area (Å²) in [6.07, 6.45) is 5.13. The lowest BCUT2D eigenvalue weighted by Crippen LogP contribution is -2.48. The van der Waals surface area contributed by atoms with Gasteiger partial charge < -0.3 is 9.64 Å². The number of sulfone groups is 1. The molecule has 0 aromatic carbocycles. The van der Waals surface area contributed by atoms with E-state index in [2.05, 4.69) is 9.97 Å². The van der Waals surface area contributed by atoms with Gasteiger partial charge in [-0.05, 0) is 19.8 Å². The van der Waals surface area contributed by atoms with E-state index in [0.29, 0.717) is 12.8 Å². The standard InChI is InChI=1S/C15H21N3O5S/c1-3-11(2)18(12-4-7-24(21,22)10-12)14(19)9-23-15(20)13-8-16-5-6-17-13/h5-6,8,11-12H,3-4,7,9-10H2,1-2H3/t11-,12-/m1/s1. The van der Waals surface area contributed by atoms with E-state index in [-0.39, 0.29) is 29.3 Å². The van der Waals surface area contributed by atoms with Crippen LogP contribution in [-0.2, 0) is 19.4 Å². The second kappa shape index (κ2) is 7.69. The van der Waals surface area contributed by atoms with Crippen molar-refractivity contribution in [1.82, 2.24) is 14.9 Å². The van der Waals surface area contributed by atoms with E-state index in [0.717, 1.165) is 0 Å². The van der Waals surface area contributed by atoms with E-state index in [1.54, 1.807) is 0 Å². The minimum absolute atomic E-state index is 0.0174. The van der Waals surface area contributed by atoms with Crippen molar-refractivity contribution in [3.05, 3.63) is 24.3 Å². The van der Waals surface area contributed by atoms with Crippen LogP contribution in [0.25, 0.3) is 0 Å². The molecule has 2 rings (SSSR count). The van der Waals surface area contributed by atoms with Crippen molar-refractivity contribution >= 4 is 21.7 Å². The first-order valence-corrected chi connectivity index (χ1v) is 9.61. The molecule has 1 aliphatic rings. The van der Waals surface area contributed by atoms with E-state index in [4.69, 9.17) is 4.74 Å². The normalized spacial score (nSPS) is 20.3. The van der Waals surface area contributed by atoms with Crippen LogP contribution < -0.4 is 0 Å². The van der Waals surface area contributed by atoms with Gasteiger partial charge in [0.05, 0.1) is 17.7 Å². The average Bonchev–Trinajstić information content (AvgIpc) is 2.92. The van der Waals surface area contributed by atoms with Gasteiger partial charge in [0.15, 0.2) is 22.1 Å². The smallest absolute Gasteiger partial charge is 0.359 e. The van der Waals surface area contributed by atoms with Crippen molar-refractivity contribution in [3.8, 4) is 0 Å². The maximum Gasteiger partial charge on any atom is 0.359 e. The molecule has 0 saturated carbocycles. The van der Waals surface area contributed by atoms with Crippen LogP contribution in [0.4, 0.5) is 0 Å². The number of rotatable bonds is 6. The molecule has 132 valence electrons. The number of hydrogen-bond acceptors (Lipinski definition) is 7. The first-order chi connectivity index (χ1) is 11.3. The van der Waals surface area contributed by atoms with Gasteiger partial charge in [-0.1, -0.05) is 6.92 Å². The van der Waals surface area contributed by atoms with Gasteiger partial charge in [-0.3, -0.25) is 9.78 Å². The highest BCUT2D eigenvalue weighted by Crippen LogP contribution is 2.21. The molecule has 0 radical (unpaired) electrons. The average molecular weight is 355 g/mol. The van der Waals surface area contributed by atoms with Crippen LogP contribution in [0.2, 0.25) is 0 Å². The van der Waals surface area contributed by atoms with Crippen LogP contribution in [0.5, 0.6) is 0 Å². The molecule has 24 heavy (non-hydrogen) atoms. The molecular formula is C15H21N3O5S. The zero-order valence-electron chi connectivity index (χ0n) is 13.7. The summed E-state index contributed by atoms with van der Waals surface area (Å²) in [7, 11) is -3.11. The predicted octanol–water partition coefficient (Wildman–Crippen LogP) is 0.448.